The Morgan fingerprint density at radius 3 is 2.52 bits per heavy atom. The number of nitrogens with zero attached hydrogens (tertiary/aromatic N) is 3. The fraction of sp³-hybridized carbons (Fsp3) is 0.615. The van der Waals surface area contributed by atoms with Gasteiger partial charge in [0, 0.05) is 5.56 Å². The van der Waals surface area contributed by atoms with E-state index < -0.39 is 17.8 Å². The summed E-state index contributed by atoms with van der Waals surface area (Å²) in [4.78, 5) is 25.5. The van der Waals surface area contributed by atoms with Gasteiger partial charge in [-0.25, -0.2) is 9.59 Å². The number of halogens is 1. The highest BCUT2D eigenvalue weighted by Crippen LogP contribution is 2.28. The van der Waals surface area contributed by atoms with Crippen LogP contribution < -0.4 is 0 Å². The highest BCUT2D eigenvalue weighted by Gasteiger charge is 2.34. The van der Waals surface area contributed by atoms with Gasteiger partial charge in [-0.15, -0.1) is 0 Å². The summed E-state index contributed by atoms with van der Waals surface area (Å²) in [7, 11) is 0. The van der Waals surface area contributed by atoms with Crippen LogP contribution in [0.5, 0.6) is 0 Å². The van der Waals surface area contributed by atoms with Crippen LogP contribution in [0.25, 0.3) is 0 Å². The topological polar surface area (TPSA) is 73.7 Å². The second-order valence-corrected chi connectivity index (χ2v) is 6.68. The van der Waals surface area contributed by atoms with Crippen LogP contribution in [0.1, 0.15) is 39.0 Å². The number of carbonyl (C=O) groups excluding carboxylic acids is 2. The molecule has 0 bridgehead atoms. The van der Waals surface area contributed by atoms with Crippen molar-refractivity contribution in [2.75, 3.05) is 6.61 Å². The van der Waals surface area contributed by atoms with Gasteiger partial charge < -0.3 is 9.47 Å². The van der Waals surface area contributed by atoms with Gasteiger partial charge in [-0.1, -0.05) is 0 Å². The van der Waals surface area contributed by atoms with Gasteiger partial charge in [0.05, 0.1) is 25.4 Å². The molecule has 1 aliphatic rings. The molecule has 1 aromatic rings. The largest absolute Gasteiger partial charge is 0.448 e. The number of rotatable bonds is 1. The lowest BCUT2D eigenvalue weighted by atomic mass is 10.2. The van der Waals surface area contributed by atoms with Crippen molar-refractivity contribution in [1.29, 1.82) is 0 Å². The van der Waals surface area contributed by atoms with Gasteiger partial charge in [-0.3, -0.25) is 4.90 Å². The molecule has 0 radical (unpaired) electrons. The Morgan fingerprint density at radius 1 is 1.29 bits per heavy atom. The number of fused-ring (bicyclic) bond motifs is 1. The summed E-state index contributed by atoms with van der Waals surface area (Å²) < 4.78 is 12.2. The first-order valence-corrected chi connectivity index (χ1v) is 7.72. The molecule has 8 heteroatoms. The fourth-order valence-corrected chi connectivity index (χ4v) is 2.69. The molecule has 2 heterocycles. The predicted molar refractivity (Wildman–Crippen MR) is 82.8 cm³/mol. The third kappa shape index (κ3) is 3.47. The van der Waals surface area contributed by atoms with Crippen molar-refractivity contribution in [3.8, 4) is 0 Å². The van der Waals surface area contributed by atoms with Crippen LogP contribution in [0, 0.1) is 3.70 Å². The van der Waals surface area contributed by atoms with Crippen molar-refractivity contribution in [3.05, 3.63) is 15.0 Å². The average molecular weight is 407 g/mol. The van der Waals surface area contributed by atoms with Gasteiger partial charge >= 0.3 is 12.2 Å². The summed E-state index contributed by atoms with van der Waals surface area (Å²) in [6, 6.07) is 0. The van der Waals surface area contributed by atoms with Gasteiger partial charge in [0.2, 0.25) is 0 Å². The standard InChI is InChI=1S/C13H18IN3O4/c1-5-20-12(19)17-9-7-16(6-8(9)10(14)15-17)11(18)21-13(2,3)4/h5-7H2,1-4H3. The molecule has 0 aliphatic carbocycles. The van der Waals surface area contributed by atoms with E-state index in [4.69, 9.17) is 9.47 Å². The van der Waals surface area contributed by atoms with Gasteiger partial charge in [-0.2, -0.15) is 9.78 Å². The van der Waals surface area contributed by atoms with E-state index >= 15 is 0 Å². The highest BCUT2D eigenvalue weighted by atomic mass is 127. The van der Waals surface area contributed by atoms with Crippen LogP contribution in [0.2, 0.25) is 0 Å². The predicted octanol–water partition coefficient (Wildman–Crippen LogP) is 2.74. The molecule has 0 saturated carbocycles. The van der Waals surface area contributed by atoms with Crippen LogP contribution >= 0.6 is 22.6 Å². The SMILES string of the molecule is CCOC(=O)n1nc(I)c2c1CN(C(=O)OC(C)(C)C)C2. The molecule has 0 N–H and O–H groups in total. The van der Waals surface area contributed by atoms with Gasteiger partial charge in [0.25, 0.3) is 0 Å². The van der Waals surface area contributed by atoms with Crippen LogP contribution in [0.3, 0.4) is 0 Å². The first-order valence-electron chi connectivity index (χ1n) is 6.64. The van der Waals surface area contributed by atoms with Gasteiger partial charge in [-0.05, 0) is 50.3 Å². The van der Waals surface area contributed by atoms with Crippen LogP contribution in [0.15, 0.2) is 0 Å². The molecule has 0 atom stereocenters. The number of hydrogen-bond acceptors (Lipinski definition) is 5. The summed E-state index contributed by atoms with van der Waals surface area (Å²) in [5, 5.41) is 4.17. The van der Waals surface area contributed by atoms with E-state index in [-0.39, 0.29) is 6.61 Å². The zero-order valence-corrected chi connectivity index (χ0v) is 14.6. The van der Waals surface area contributed by atoms with Crippen molar-refractivity contribution in [2.24, 2.45) is 0 Å². The first kappa shape index (κ1) is 16.1. The molecule has 1 aliphatic heterocycles. The summed E-state index contributed by atoms with van der Waals surface area (Å²) in [6.45, 7) is 8.15. The Kier molecular flexibility index (Phi) is 4.45. The van der Waals surface area contributed by atoms with Crippen LogP contribution in [0.4, 0.5) is 9.59 Å². The lowest BCUT2D eigenvalue weighted by Crippen LogP contribution is -2.34. The summed E-state index contributed by atoms with van der Waals surface area (Å²) in [6.07, 6.45) is -0.924. The summed E-state index contributed by atoms with van der Waals surface area (Å²) in [5.41, 5.74) is 1.00. The van der Waals surface area contributed by atoms with E-state index in [0.29, 0.717) is 22.5 Å². The third-order valence-corrected chi connectivity index (χ3v) is 3.69. The summed E-state index contributed by atoms with van der Waals surface area (Å²) >= 11 is 2.05. The van der Waals surface area contributed by atoms with Crippen molar-refractivity contribution in [2.45, 2.75) is 46.4 Å². The Bertz CT molecular complexity index is 577. The number of aromatic nitrogens is 2. The van der Waals surface area contributed by atoms with E-state index in [9.17, 15) is 9.59 Å². The maximum absolute atomic E-state index is 12.1. The van der Waals surface area contributed by atoms with E-state index in [1.807, 2.05) is 20.8 Å². The third-order valence-electron chi connectivity index (χ3n) is 2.82. The Morgan fingerprint density at radius 2 is 1.95 bits per heavy atom. The van der Waals surface area contributed by atoms with Gasteiger partial charge in [0.15, 0.2) is 0 Å². The molecule has 1 amide bonds. The molecule has 0 spiro atoms. The lowest BCUT2D eigenvalue weighted by molar-refractivity contribution is 0.0237. The maximum atomic E-state index is 12.1. The van der Waals surface area contributed by atoms with E-state index in [2.05, 4.69) is 27.7 Å². The molecule has 2 rings (SSSR count). The lowest BCUT2D eigenvalue weighted by Gasteiger charge is -2.24. The molecule has 0 unspecified atom stereocenters. The number of amides is 1. The molecule has 0 fully saturated rings. The zero-order chi connectivity index (χ0) is 15.8. The minimum atomic E-state index is -0.549. The second kappa shape index (κ2) is 5.82. The summed E-state index contributed by atoms with van der Waals surface area (Å²) in [5.74, 6) is 0. The molecule has 7 nitrogen and oxygen atoms in total. The number of carbonyl (C=O) groups is 2. The first-order chi connectivity index (χ1) is 9.73. The maximum Gasteiger partial charge on any atom is 0.435 e. The number of hydrogen-bond donors (Lipinski definition) is 0. The highest BCUT2D eigenvalue weighted by molar-refractivity contribution is 14.1. The van der Waals surface area contributed by atoms with Crippen LogP contribution in [-0.2, 0) is 22.6 Å². The normalized spacial score (nSPS) is 14.0. The molecular formula is C13H18IN3O4. The average Bonchev–Trinajstić information content (AvgIpc) is 2.88. The van der Waals surface area contributed by atoms with Crippen molar-refractivity contribution < 1.29 is 19.1 Å². The molecule has 0 aromatic carbocycles. The van der Waals surface area contributed by atoms with E-state index in [0.717, 1.165) is 5.56 Å². The minimum absolute atomic E-state index is 0.278. The molecule has 116 valence electrons. The number of ether oxygens (including phenoxy) is 2. The quantitative estimate of drug-likeness (QED) is 0.670. The Labute approximate surface area is 136 Å². The van der Waals surface area contributed by atoms with E-state index in [1.165, 1.54) is 4.68 Å². The zero-order valence-electron chi connectivity index (χ0n) is 12.5. The smallest absolute Gasteiger partial charge is 0.435 e. The molecule has 21 heavy (non-hydrogen) atoms. The second-order valence-electron chi connectivity index (χ2n) is 5.66. The van der Waals surface area contributed by atoms with E-state index in [1.54, 1.807) is 11.8 Å². The molecular weight excluding hydrogens is 389 g/mol. The van der Waals surface area contributed by atoms with Crippen molar-refractivity contribution in [1.82, 2.24) is 14.7 Å². The minimum Gasteiger partial charge on any atom is -0.448 e. The van der Waals surface area contributed by atoms with Crippen LogP contribution in [-0.4, -0.2) is 39.1 Å². The Balaban J connectivity index is 2.17. The van der Waals surface area contributed by atoms with Crippen molar-refractivity contribution >= 4 is 34.8 Å². The van der Waals surface area contributed by atoms with Crippen molar-refractivity contribution in [3.63, 3.8) is 0 Å². The molecule has 0 saturated heterocycles. The fourth-order valence-electron chi connectivity index (χ4n) is 1.99. The van der Waals surface area contributed by atoms with Gasteiger partial charge in [0.1, 0.15) is 9.30 Å². The monoisotopic (exact) mass is 407 g/mol. The molecule has 1 aromatic heterocycles. The Hall–Kier alpha value is -1.32.